The highest BCUT2D eigenvalue weighted by molar-refractivity contribution is 7.17. The second-order valence-electron chi connectivity index (χ2n) is 9.30. The summed E-state index contributed by atoms with van der Waals surface area (Å²) < 4.78 is 0. The van der Waals surface area contributed by atoms with Crippen LogP contribution in [0.5, 0.6) is 0 Å². The number of rotatable bonds is 6. The van der Waals surface area contributed by atoms with E-state index in [0.29, 0.717) is 27.8 Å². The Labute approximate surface area is 221 Å². The summed E-state index contributed by atoms with van der Waals surface area (Å²) in [7, 11) is 0. The number of H-pyrrole nitrogens is 2. The summed E-state index contributed by atoms with van der Waals surface area (Å²) in [5.41, 5.74) is 6.15. The zero-order valence-corrected chi connectivity index (χ0v) is 21.7. The molecular weight excluding hydrogens is 498 g/mol. The third-order valence-corrected chi connectivity index (χ3v) is 7.45. The Hall–Kier alpha value is -4.70. The fourth-order valence-corrected chi connectivity index (χ4v) is 5.13. The molecule has 0 aliphatic carbocycles. The number of carbonyl (C=O) groups excluding carboxylic acids is 2. The largest absolute Gasteiger partial charge is 0.337 e. The van der Waals surface area contributed by atoms with Gasteiger partial charge in [-0.25, -0.2) is 4.98 Å². The topological polar surface area (TPSA) is 129 Å². The molecule has 188 valence electrons. The summed E-state index contributed by atoms with van der Waals surface area (Å²) in [6.07, 6.45) is 5.05. The van der Waals surface area contributed by atoms with Crippen molar-refractivity contribution in [2.45, 2.75) is 20.8 Å². The van der Waals surface area contributed by atoms with Crippen LogP contribution in [0.1, 0.15) is 30.4 Å². The molecule has 0 aliphatic rings. The fourth-order valence-electron chi connectivity index (χ4n) is 4.21. The molecule has 5 heterocycles. The van der Waals surface area contributed by atoms with Crippen molar-refractivity contribution >= 4 is 50.7 Å². The van der Waals surface area contributed by atoms with Crippen molar-refractivity contribution in [3.05, 3.63) is 65.9 Å². The number of aromatic amines is 2. The summed E-state index contributed by atoms with van der Waals surface area (Å²) >= 11 is 1.46. The van der Waals surface area contributed by atoms with Gasteiger partial charge < -0.3 is 10.3 Å². The summed E-state index contributed by atoms with van der Waals surface area (Å²) in [4.78, 5) is 42.8. The molecule has 38 heavy (non-hydrogen) atoms. The van der Waals surface area contributed by atoms with Gasteiger partial charge in [0.1, 0.15) is 5.69 Å². The first kappa shape index (κ1) is 23.7. The highest BCUT2D eigenvalue weighted by Crippen LogP contribution is 2.35. The third kappa shape index (κ3) is 4.24. The van der Waals surface area contributed by atoms with E-state index in [1.54, 1.807) is 25.5 Å². The van der Waals surface area contributed by atoms with Gasteiger partial charge in [-0.15, -0.1) is 11.3 Å². The molecule has 5 aromatic heterocycles. The Balaban J connectivity index is 1.40. The van der Waals surface area contributed by atoms with E-state index in [1.165, 1.54) is 11.3 Å². The first-order chi connectivity index (χ1) is 18.4. The second-order valence-corrected chi connectivity index (χ2v) is 10.4. The molecule has 1 aromatic carbocycles. The van der Waals surface area contributed by atoms with Crippen LogP contribution in [0.15, 0.2) is 61.1 Å². The number of carbonyl (C=O) groups is 2. The van der Waals surface area contributed by atoms with E-state index in [2.05, 4.69) is 30.5 Å². The number of nitrogens with one attached hydrogen (secondary N) is 3. The standard InChI is InChI=1S/C28H23N7O2S/c1-14(2)28(37)31-17-9-16(11-29-12-17)21-10-19-22(13-30-21)34-35-26(19)27-32-20-6-4-5-18(25(20)33-27)24-8-7-23(38-24)15(3)36/h4-14H,1-3H3,(H,31,37)(H,32,33)(H,34,35). The summed E-state index contributed by atoms with van der Waals surface area (Å²) in [5, 5.41) is 11.3. The lowest BCUT2D eigenvalue weighted by molar-refractivity contribution is -0.118. The highest BCUT2D eigenvalue weighted by atomic mass is 32.1. The van der Waals surface area contributed by atoms with Crippen molar-refractivity contribution in [2.75, 3.05) is 5.32 Å². The molecule has 0 saturated carbocycles. The van der Waals surface area contributed by atoms with Crippen LogP contribution in [0.2, 0.25) is 0 Å². The number of para-hydroxylation sites is 1. The van der Waals surface area contributed by atoms with Crippen molar-refractivity contribution in [3.8, 4) is 33.2 Å². The molecule has 3 N–H and O–H groups in total. The van der Waals surface area contributed by atoms with Gasteiger partial charge >= 0.3 is 0 Å². The minimum Gasteiger partial charge on any atom is -0.337 e. The molecule has 0 bridgehead atoms. The lowest BCUT2D eigenvalue weighted by Gasteiger charge is -2.08. The van der Waals surface area contributed by atoms with Crippen LogP contribution in [-0.2, 0) is 4.79 Å². The number of pyridine rings is 2. The summed E-state index contributed by atoms with van der Waals surface area (Å²) in [5.74, 6) is 0.456. The van der Waals surface area contributed by atoms with Crippen molar-refractivity contribution in [2.24, 2.45) is 5.92 Å². The molecule has 10 heteroatoms. The Morgan fingerprint density at radius 1 is 1.03 bits per heavy atom. The van der Waals surface area contributed by atoms with Crippen LogP contribution >= 0.6 is 11.3 Å². The van der Waals surface area contributed by atoms with E-state index in [1.807, 2.05) is 56.3 Å². The normalized spacial score (nSPS) is 11.5. The van der Waals surface area contributed by atoms with Gasteiger partial charge in [-0.2, -0.15) is 5.10 Å². The van der Waals surface area contributed by atoms with Crippen molar-refractivity contribution in [3.63, 3.8) is 0 Å². The molecule has 6 aromatic rings. The van der Waals surface area contributed by atoms with E-state index in [0.717, 1.165) is 37.9 Å². The van der Waals surface area contributed by atoms with Crippen molar-refractivity contribution in [1.29, 1.82) is 0 Å². The minimum atomic E-state index is -0.137. The highest BCUT2D eigenvalue weighted by Gasteiger charge is 2.17. The first-order valence-corrected chi connectivity index (χ1v) is 12.9. The lowest BCUT2D eigenvalue weighted by Crippen LogP contribution is -2.17. The summed E-state index contributed by atoms with van der Waals surface area (Å²) in [6.45, 7) is 5.25. The number of hydrogen-bond donors (Lipinski definition) is 3. The number of ketones is 1. The number of imidazole rings is 1. The minimum absolute atomic E-state index is 0.0478. The van der Waals surface area contributed by atoms with Gasteiger partial charge in [0.05, 0.1) is 45.2 Å². The molecule has 0 saturated heterocycles. The van der Waals surface area contributed by atoms with Gasteiger partial charge in [0.25, 0.3) is 0 Å². The van der Waals surface area contributed by atoms with Crippen LogP contribution in [-0.4, -0.2) is 41.8 Å². The van der Waals surface area contributed by atoms with Crippen LogP contribution in [0.25, 0.3) is 55.2 Å². The van der Waals surface area contributed by atoms with E-state index in [4.69, 9.17) is 4.98 Å². The average molecular weight is 522 g/mol. The quantitative estimate of drug-likeness (QED) is 0.228. The Kier molecular flexibility index (Phi) is 5.80. The zero-order valence-electron chi connectivity index (χ0n) is 20.9. The van der Waals surface area contributed by atoms with Gasteiger partial charge in [-0.1, -0.05) is 26.0 Å². The predicted molar refractivity (Wildman–Crippen MR) is 149 cm³/mol. The molecule has 0 radical (unpaired) electrons. The number of thiophene rings is 1. The first-order valence-electron chi connectivity index (χ1n) is 12.1. The number of Topliss-reactive ketones (excluding diaryl/α,β-unsaturated/α-hetero) is 1. The number of nitrogens with zero attached hydrogens (tertiary/aromatic N) is 4. The van der Waals surface area contributed by atoms with E-state index < -0.39 is 0 Å². The van der Waals surface area contributed by atoms with Gasteiger partial charge in [0.2, 0.25) is 5.91 Å². The molecule has 9 nitrogen and oxygen atoms in total. The zero-order chi connectivity index (χ0) is 26.4. The van der Waals surface area contributed by atoms with Crippen molar-refractivity contribution < 1.29 is 9.59 Å². The number of amides is 1. The molecule has 0 aliphatic heterocycles. The molecule has 0 atom stereocenters. The maximum absolute atomic E-state index is 12.1. The SMILES string of the molecule is CC(=O)c1ccc(-c2cccc3[nH]c(-c4n[nH]c5cnc(-c6cncc(NC(=O)C(C)C)c6)cc45)nc23)s1. The molecule has 0 fully saturated rings. The van der Waals surface area contributed by atoms with Gasteiger partial charge in [-0.05, 0) is 37.3 Å². The number of aromatic nitrogens is 6. The number of benzene rings is 1. The summed E-state index contributed by atoms with van der Waals surface area (Å²) in [6, 6.07) is 13.5. The van der Waals surface area contributed by atoms with E-state index in [-0.39, 0.29) is 17.6 Å². The monoisotopic (exact) mass is 521 g/mol. The van der Waals surface area contributed by atoms with Gasteiger partial charge in [0, 0.05) is 33.5 Å². The molecule has 6 rings (SSSR count). The van der Waals surface area contributed by atoms with E-state index >= 15 is 0 Å². The number of fused-ring (bicyclic) bond motifs is 2. The molecule has 1 amide bonds. The van der Waals surface area contributed by atoms with Crippen LogP contribution < -0.4 is 5.32 Å². The van der Waals surface area contributed by atoms with Crippen molar-refractivity contribution in [1.82, 2.24) is 30.1 Å². The maximum atomic E-state index is 12.1. The van der Waals surface area contributed by atoms with Crippen LogP contribution in [0, 0.1) is 5.92 Å². The van der Waals surface area contributed by atoms with Gasteiger partial charge in [-0.3, -0.25) is 24.7 Å². The fraction of sp³-hybridized carbons (Fsp3) is 0.143. The molecule has 0 spiro atoms. The maximum Gasteiger partial charge on any atom is 0.226 e. The number of hydrogen-bond acceptors (Lipinski definition) is 7. The smallest absolute Gasteiger partial charge is 0.226 e. The Morgan fingerprint density at radius 3 is 2.68 bits per heavy atom. The van der Waals surface area contributed by atoms with Gasteiger partial charge in [0.15, 0.2) is 11.6 Å². The Bertz CT molecular complexity index is 1850. The predicted octanol–water partition coefficient (Wildman–Crippen LogP) is 6.09. The van der Waals surface area contributed by atoms with E-state index in [9.17, 15) is 9.59 Å². The second kappa shape index (κ2) is 9.31. The lowest BCUT2D eigenvalue weighted by atomic mass is 10.1. The average Bonchev–Trinajstić information content (AvgIpc) is 3.66. The molecular formula is C28H23N7O2S. The Morgan fingerprint density at radius 2 is 1.89 bits per heavy atom. The van der Waals surface area contributed by atoms with Crippen LogP contribution in [0.3, 0.4) is 0 Å². The molecule has 0 unspecified atom stereocenters. The number of anilines is 1. The third-order valence-electron chi connectivity index (χ3n) is 6.23. The van der Waals surface area contributed by atoms with Crippen LogP contribution in [0.4, 0.5) is 5.69 Å².